The van der Waals surface area contributed by atoms with Crippen LogP contribution in [0.1, 0.15) is 46.5 Å². The fraction of sp³-hybridized carbons (Fsp3) is 0.207. The number of anilines is 1. The number of hydrogen-bond acceptors (Lipinski definition) is 4. The van der Waals surface area contributed by atoms with Gasteiger partial charge in [0.05, 0.1) is 22.6 Å². The Morgan fingerprint density at radius 3 is 2.29 bits per heavy atom. The Morgan fingerprint density at radius 2 is 1.63 bits per heavy atom. The SMILES string of the molecule is CC(C)N(Cc1nc(C(=O)NC(Cc2ccccc2)c2ccccc2)cs1)C(=O)Nc1ccc(Cl)c(Cl)c1. The average Bonchev–Trinajstić information content (AvgIpc) is 3.39. The Labute approximate surface area is 236 Å². The zero-order valence-electron chi connectivity index (χ0n) is 21.0. The van der Waals surface area contributed by atoms with Gasteiger partial charge in [0.15, 0.2) is 0 Å². The van der Waals surface area contributed by atoms with Gasteiger partial charge in [-0.05, 0) is 49.6 Å². The van der Waals surface area contributed by atoms with Gasteiger partial charge in [-0.3, -0.25) is 4.79 Å². The minimum Gasteiger partial charge on any atom is -0.344 e. The van der Waals surface area contributed by atoms with E-state index in [2.05, 4.69) is 15.6 Å². The van der Waals surface area contributed by atoms with Crippen molar-refractivity contribution in [1.82, 2.24) is 15.2 Å². The Hall–Kier alpha value is -3.39. The van der Waals surface area contributed by atoms with E-state index in [0.29, 0.717) is 32.9 Å². The quantitative estimate of drug-likeness (QED) is 0.219. The van der Waals surface area contributed by atoms with Crippen LogP contribution in [0.2, 0.25) is 10.0 Å². The normalized spacial score (nSPS) is 11.7. The Bertz CT molecular complexity index is 1380. The number of carbonyl (C=O) groups excluding carboxylic acids is 2. The highest BCUT2D eigenvalue weighted by atomic mass is 35.5. The fourth-order valence-electron chi connectivity index (χ4n) is 3.91. The van der Waals surface area contributed by atoms with Crippen molar-refractivity contribution in [3.8, 4) is 0 Å². The van der Waals surface area contributed by atoms with Crippen molar-refractivity contribution >= 4 is 52.2 Å². The molecule has 1 aromatic heterocycles. The van der Waals surface area contributed by atoms with Crippen molar-refractivity contribution in [2.75, 3.05) is 5.32 Å². The summed E-state index contributed by atoms with van der Waals surface area (Å²) in [4.78, 5) is 32.4. The number of amides is 3. The first-order valence-corrected chi connectivity index (χ1v) is 13.8. The Balaban J connectivity index is 1.45. The predicted molar refractivity (Wildman–Crippen MR) is 155 cm³/mol. The number of urea groups is 1. The second kappa shape index (κ2) is 12.9. The van der Waals surface area contributed by atoms with Crippen LogP contribution in [-0.2, 0) is 13.0 Å². The lowest BCUT2D eigenvalue weighted by Crippen LogP contribution is -2.39. The van der Waals surface area contributed by atoms with Crippen molar-refractivity contribution in [2.24, 2.45) is 0 Å². The summed E-state index contributed by atoms with van der Waals surface area (Å²) in [5.41, 5.74) is 3.01. The number of carbonyl (C=O) groups is 2. The molecule has 0 spiro atoms. The van der Waals surface area contributed by atoms with Gasteiger partial charge >= 0.3 is 6.03 Å². The van der Waals surface area contributed by atoms with Crippen LogP contribution in [0.25, 0.3) is 0 Å². The van der Waals surface area contributed by atoms with Crippen molar-refractivity contribution in [1.29, 1.82) is 0 Å². The molecular weight excluding hydrogens is 539 g/mol. The Morgan fingerprint density at radius 1 is 0.947 bits per heavy atom. The number of halogens is 2. The third-order valence-electron chi connectivity index (χ3n) is 5.93. The van der Waals surface area contributed by atoms with Gasteiger partial charge in [-0.25, -0.2) is 9.78 Å². The molecule has 38 heavy (non-hydrogen) atoms. The lowest BCUT2D eigenvalue weighted by molar-refractivity contribution is 0.0932. The second-order valence-corrected chi connectivity index (χ2v) is 10.8. The number of nitrogens with one attached hydrogen (secondary N) is 2. The molecule has 196 valence electrons. The van der Waals surface area contributed by atoms with E-state index in [1.54, 1.807) is 28.5 Å². The highest BCUT2D eigenvalue weighted by Gasteiger charge is 2.22. The zero-order chi connectivity index (χ0) is 27.1. The summed E-state index contributed by atoms with van der Waals surface area (Å²) in [6.07, 6.45) is 0.656. The lowest BCUT2D eigenvalue weighted by atomic mass is 9.99. The van der Waals surface area contributed by atoms with E-state index in [4.69, 9.17) is 23.2 Å². The number of thiazole rings is 1. The highest BCUT2D eigenvalue weighted by molar-refractivity contribution is 7.09. The summed E-state index contributed by atoms with van der Waals surface area (Å²) in [5, 5.41) is 9.15. The van der Waals surface area contributed by atoms with Crippen LogP contribution in [0.3, 0.4) is 0 Å². The largest absolute Gasteiger partial charge is 0.344 e. The van der Waals surface area contributed by atoms with Crippen molar-refractivity contribution in [2.45, 2.75) is 38.9 Å². The summed E-state index contributed by atoms with van der Waals surface area (Å²) in [7, 11) is 0. The number of benzene rings is 3. The van der Waals surface area contributed by atoms with Gasteiger partial charge in [-0.2, -0.15) is 0 Å². The Kier molecular flexibility index (Phi) is 9.39. The fourth-order valence-corrected chi connectivity index (χ4v) is 4.98. The van der Waals surface area contributed by atoms with E-state index < -0.39 is 0 Å². The summed E-state index contributed by atoms with van der Waals surface area (Å²) in [5.74, 6) is -0.256. The molecule has 6 nitrogen and oxygen atoms in total. The summed E-state index contributed by atoms with van der Waals surface area (Å²) in [6, 6.07) is 24.3. The van der Waals surface area contributed by atoms with Crippen molar-refractivity contribution in [3.63, 3.8) is 0 Å². The minimum absolute atomic E-state index is 0.104. The standard InChI is InChI=1S/C29H28Cl2N4O2S/c1-19(2)35(29(37)32-22-13-14-23(30)24(31)16-22)17-27-33-26(18-38-27)28(36)34-25(21-11-7-4-8-12-21)15-20-9-5-3-6-10-20/h3-14,16,18-19,25H,15,17H2,1-2H3,(H,32,37)(H,34,36). The highest BCUT2D eigenvalue weighted by Crippen LogP contribution is 2.26. The van der Waals surface area contributed by atoms with Gasteiger partial charge in [0.25, 0.3) is 5.91 Å². The first-order chi connectivity index (χ1) is 18.3. The molecule has 0 bridgehead atoms. The van der Waals surface area contributed by atoms with Crippen LogP contribution in [0, 0.1) is 0 Å². The van der Waals surface area contributed by atoms with Crippen LogP contribution in [0.4, 0.5) is 10.5 Å². The number of rotatable bonds is 9. The molecule has 3 amide bonds. The van der Waals surface area contributed by atoms with Gasteiger partial charge in [0.1, 0.15) is 10.7 Å². The molecule has 0 saturated carbocycles. The molecule has 0 aliphatic rings. The lowest BCUT2D eigenvalue weighted by Gasteiger charge is -2.26. The van der Waals surface area contributed by atoms with E-state index in [1.165, 1.54) is 11.3 Å². The van der Waals surface area contributed by atoms with Gasteiger partial charge in [0.2, 0.25) is 0 Å². The van der Waals surface area contributed by atoms with Crippen LogP contribution >= 0.6 is 34.5 Å². The summed E-state index contributed by atoms with van der Waals surface area (Å²) in [6.45, 7) is 4.10. The molecule has 1 atom stereocenters. The monoisotopic (exact) mass is 566 g/mol. The topological polar surface area (TPSA) is 74.3 Å². The average molecular weight is 568 g/mol. The first kappa shape index (κ1) is 27.6. The predicted octanol–water partition coefficient (Wildman–Crippen LogP) is 7.61. The van der Waals surface area contributed by atoms with E-state index in [-0.39, 0.29) is 30.6 Å². The molecule has 2 N–H and O–H groups in total. The molecule has 0 fully saturated rings. The number of nitrogens with zero attached hydrogens (tertiary/aromatic N) is 2. The van der Waals surface area contributed by atoms with E-state index in [9.17, 15) is 9.59 Å². The summed E-state index contributed by atoms with van der Waals surface area (Å²) < 4.78 is 0. The van der Waals surface area contributed by atoms with E-state index in [0.717, 1.165) is 11.1 Å². The minimum atomic E-state index is -0.299. The molecule has 1 heterocycles. The molecule has 0 aliphatic carbocycles. The summed E-state index contributed by atoms with van der Waals surface area (Å²) >= 11 is 13.4. The smallest absolute Gasteiger partial charge is 0.322 e. The molecule has 9 heteroatoms. The first-order valence-electron chi connectivity index (χ1n) is 12.2. The van der Waals surface area contributed by atoms with Gasteiger partial charge in [0, 0.05) is 17.1 Å². The maximum absolute atomic E-state index is 13.2. The molecule has 0 aliphatic heterocycles. The van der Waals surface area contributed by atoms with Gasteiger partial charge in [-0.15, -0.1) is 11.3 Å². The van der Waals surface area contributed by atoms with Crippen LogP contribution in [-0.4, -0.2) is 27.9 Å². The van der Waals surface area contributed by atoms with Gasteiger partial charge < -0.3 is 15.5 Å². The number of aromatic nitrogens is 1. The molecule has 0 radical (unpaired) electrons. The molecule has 3 aromatic carbocycles. The molecule has 4 rings (SSSR count). The van der Waals surface area contributed by atoms with Crippen molar-refractivity contribution < 1.29 is 9.59 Å². The third kappa shape index (κ3) is 7.34. The second-order valence-electron chi connectivity index (χ2n) is 9.03. The molecular formula is C29H28Cl2N4O2S. The van der Waals surface area contributed by atoms with Crippen molar-refractivity contribution in [3.05, 3.63) is 116 Å². The van der Waals surface area contributed by atoms with Crippen LogP contribution in [0.5, 0.6) is 0 Å². The molecule has 1 unspecified atom stereocenters. The molecule has 0 saturated heterocycles. The van der Waals surface area contributed by atoms with E-state index >= 15 is 0 Å². The molecule has 4 aromatic rings. The third-order valence-corrected chi connectivity index (χ3v) is 7.51. The number of hydrogen-bond donors (Lipinski definition) is 2. The maximum atomic E-state index is 13.2. The van der Waals surface area contributed by atoms with E-state index in [1.807, 2.05) is 74.5 Å². The van der Waals surface area contributed by atoms with Crippen LogP contribution < -0.4 is 10.6 Å². The zero-order valence-corrected chi connectivity index (χ0v) is 23.4. The maximum Gasteiger partial charge on any atom is 0.322 e. The van der Waals surface area contributed by atoms with Gasteiger partial charge in [-0.1, -0.05) is 83.9 Å². The van der Waals surface area contributed by atoms with Crippen LogP contribution in [0.15, 0.2) is 84.2 Å².